The van der Waals surface area contributed by atoms with Gasteiger partial charge in [0.1, 0.15) is 6.33 Å². The van der Waals surface area contributed by atoms with Crippen molar-refractivity contribution >= 4 is 17.5 Å². The molecule has 0 spiro atoms. The molecule has 3 aromatic rings. The van der Waals surface area contributed by atoms with E-state index >= 15 is 0 Å². The van der Waals surface area contributed by atoms with Crippen LogP contribution >= 0.6 is 11.6 Å². The molecule has 1 aromatic heterocycles. The molecule has 24 heavy (non-hydrogen) atoms. The number of halogens is 1. The summed E-state index contributed by atoms with van der Waals surface area (Å²) in [6.45, 7) is 0.230. The van der Waals surface area contributed by atoms with Gasteiger partial charge >= 0.3 is 0 Å². The molecule has 2 N–H and O–H groups in total. The molecule has 0 unspecified atom stereocenters. The Morgan fingerprint density at radius 1 is 1.21 bits per heavy atom. The Morgan fingerprint density at radius 2 is 2.00 bits per heavy atom. The SMILES string of the molecule is O=C(NCc1ccccc1CO)c1ccc(-n2cnnn2)cc1Cl. The number of nitrogens with one attached hydrogen (secondary N) is 1. The second-order valence-corrected chi connectivity index (χ2v) is 5.44. The molecule has 0 aliphatic heterocycles. The quantitative estimate of drug-likeness (QED) is 0.736. The summed E-state index contributed by atoms with van der Waals surface area (Å²) in [4.78, 5) is 12.3. The number of aliphatic hydroxyl groups is 1. The molecule has 7 nitrogen and oxygen atoms in total. The van der Waals surface area contributed by atoms with Crippen LogP contribution in [0.3, 0.4) is 0 Å². The predicted molar refractivity (Wildman–Crippen MR) is 87.7 cm³/mol. The number of benzene rings is 2. The monoisotopic (exact) mass is 343 g/mol. The molecule has 0 aliphatic carbocycles. The predicted octanol–water partition coefficient (Wildman–Crippen LogP) is 1.74. The van der Waals surface area contributed by atoms with Crippen molar-refractivity contribution in [1.29, 1.82) is 0 Å². The molecule has 1 amide bonds. The van der Waals surface area contributed by atoms with Crippen molar-refractivity contribution in [3.63, 3.8) is 0 Å². The van der Waals surface area contributed by atoms with Crippen LogP contribution in [0.4, 0.5) is 0 Å². The number of amides is 1. The number of hydrogen-bond donors (Lipinski definition) is 2. The van der Waals surface area contributed by atoms with Gasteiger partial charge in [-0.05, 0) is 39.8 Å². The van der Waals surface area contributed by atoms with Crippen LogP contribution in [0.5, 0.6) is 0 Å². The van der Waals surface area contributed by atoms with E-state index in [2.05, 4.69) is 20.8 Å². The lowest BCUT2D eigenvalue weighted by Gasteiger charge is -2.10. The first kappa shape index (κ1) is 16.1. The number of rotatable bonds is 5. The van der Waals surface area contributed by atoms with E-state index in [4.69, 9.17) is 11.6 Å². The molecule has 2 aromatic carbocycles. The van der Waals surface area contributed by atoms with Gasteiger partial charge in [-0.25, -0.2) is 4.68 Å². The van der Waals surface area contributed by atoms with Crippen LogP contribution in [0, 0.1) is 0 Å². The number of nitrogens with zero attached hydrogens (tertiary/aromatic N) is 4. The van der Waals surface area contributed by atoms with Gasteiger partial charge in [-0.15, -0.1) is 5.10 Å². The largest absolute Gasteiger partial charge is 0.392 e. The van der Waals surface area contributed by atoms with E-state index in [1.54, 1.807) is 18.2 Å². The molecular weight excluding hydrogens is 330 g/mol. The number of hydrogen-bond acceptors (Lipinski definition) is 5. The summed E-state index contributed by atoms with van der Waals surface area (Å²) in [5, 5.41) is 23.3. The molecular formula is C16H14ClN5O2. The molecule has 0 saturated carbocycles. The van der Waals surface area contributed by atoms with Crippen molar-refractivity contribution in [2.24, 2.45) is 0 Å². The highest BCUT2D eigenvalue weighted by Crippen LogP contribution is 2.20. The molecule has 0 bridgehead atoms. The first-order chi connectivity index (χ1) is 11.7. The van der Waals surface area contributed by atoms with Crippen molar-refractivity contribution in [3.05, 3.63) is 70.5 Å². The number of aliphatic hydroxyl groups excluding tert-OH is 1. The van der Waals surface area contributed by atoms with Crippen molar-refractivity contribution < 1.29 is 9.90 Å². The maximum atomic E-state index is 12.3. The molecule has 122 valence electrons. The second-order valence-electron chi connectivity index (χ2n) is 5.03. The highest BCUT2D eigenvalue weighted by Gasteiger charge is 2.12. The Kier molecular flexibility index (Phi) is 4.83. The summed E-state index contributed by atoms with van der Waals surface area (Å²) >= 11 is 6.20. The number of carbonyl (C=O) groups is 1. The standard InChI is InChI=1S/C16H14ClN5O2/c17-15-7-13(22-10-19-20-21-22)5-6-14(15)16(24)18-8-11-3-1-2-4-12(11)9-23/h1-7,10,23H,8-9H2,(H,18,24). The zero-order chi connectivity index (χ0) is 16.9. The zero-order valence-electron chi connectivity index (χ0n) is 12.6. The van der Waals surface area contributed by atoms with Crippen molar-refractivity contribution in [3.8, 4) is 5.69 Å². The number of carbonyl (C=O) groups excluding carboxylic acids is 1. The third-order valence-electron chi connectivity index (χ3n) is 3.54. The fourth-order valence-electron chi connectivity index (χ4n) is 2.27. The summed E-state index contributed by atoms with van der Waals surface area (Å²) in [6.07, 6.45) is 1.44. The average molecular weight is 344 g/mol. The summed E-state index contributed by atoms with van der Waals surface area (Å²) in [7, 11) is 0. The fraction of sp³-hybridized carbons (Fsp3) is 0.125. The average Bonchev–Trinajstić information content (AvgIpc) is 3.14. The lowest BCUT2D eigenvalue weighted by molar-refractivity contribution is 0.0950. The molecule has 0 fully saturated rings. The zero-order valence-corrected chi connectivity index (χ0v) is 13.3. The Labute approximate surface area is 142 Å². The van der Waals surface area contributed by atoms with E-state index in [1.807, 2.05) is 24.3 Å². The Morgan fingerprint density at radius 3 is 2.67 bits per heavy atom. The molecule has 1 heterocycles. The molecule has 0 atom stereocenters. The van der Waals surface area contributed by atoms with Crippen LogP contribution < -0.4 is 5.32 Å². The van der Waals surface area contributed by atoms with Crippen molar-refractivity contribution in [2.75, 3.05) is 0 Å². The molecule has 0 radical (unpaired) electrons. The lowest BCUT2D eigenvalue weighted by Crippen LogP contribution is -2.23. The van der Waals surface area contributed by atoms with E-state index in [-0.39, 0.29) is 12.5 Å². The highest BCUT2D eigenvalue weighted by atomic mass is 35.5. The van der Waals surface area contributed by atoms with Gasteiger partial charge in [-0.1, -0.05) is 35.9 Å². The minimum atomic E-state index is -0.295. The van der Waals surface area contributed by atoms with E-state index in [0.29, 0.717) is 22.8 Å². The third kappa shape index (κ3) is 3.42. The van der Waals surface area contributed by atoms with Gasteiger partial charge in [0.2, 0.25) is 0 Å². The van der Waals surface area contributed by atoms with Crippen LogP contribution in [0.1, 0.15) is 21.5 Å². The topological polar surface area (TPSA) is 92.9 Å². The minimum absolute atomic E-state index is 0.0760. The Bertz CT molecular complexity index is 851. The van der Waals surface area contributed by atoms with Gasteiger partial charge in [0, 0.05) is 6.54 Å². The summed E-state index contributed by atoms with van der Waals surface area (Å²) < 4.78 is 1.45. The normalized spacial score (nSPS) is 10.6. The summed E-state index contributed by atoms with van der Waals surface area (Å²) in [6, 6.07) is 12.3. The van der Waals surface area contributed by atoms with Crippen LogP contribution in [0.15, 0.2) is 48.8 Å². The minimum Gasteiger partial charge on any atom is -0.392 e. The highest BCUT2D eigenvalue weighted by molar-refractivity contribution is 6.34. The fourth-order valence-corrected chi connectivity index (χ4v) is 2.53. The third-order valence-corrected chi connectivity index (χ3v) is 3.85. The molecule has 0 saturated heterocycles. The first-order valence-corrected chi connectivity index (χ1v) is 7.55. The van der Waals surface area contributed by atoms with Crippen molar-refractivity contribution in [2.45, 2.75) is 13.2 Å². The van der Waals surface area contributed by atoms with Crippen LogP contribution in [0.2, 0.25) is 5.02 Å². The van der Waals surface area contributed by atoms with E-state index < -0.39 is 0 Å². The van der Waals surface area contributed by atoms with Gasteiger partial charge in [0.15, 0.2) is 0 Å². The van der Waals surface area contributed by atoms with E-state index in [9.17, 15) is 9.90 Å². The van der Waals surface area contributed by atoms with Gasteiger partial charge < -0.3 is 10.4 Å². The first-order valence-electron chi connectivity index (χ1n) is 7.18. The van der Waals surface area contributed by atoms with Crippen molar-refractivity contribution in [1.82, 2.24) is 25.5 Å². The smallest absolute Gasteiger partial charge is 0.253 e. The van der Waals surface area contributed by atoms with Gasteiger partial charge in [0.25, 0.3) is 5.91 Å². The second kappa shape index (κ2) is 7.20. The van der Waals surface area contributed by atoms with Gasteiger partial charge in [-0.2, -0.15) is 0 Å². The van der Waals surface area contributed by atoms with Crippen LogP contribution in [0.25, 0.3) is 5.69 Å². The van der Waals surface area contributed by atoms with Gasteiger partial charge in [0.05, 0.1) is 22.9 Å². The summed E-state index contributed by atoms with van der Waals surface area (Å²) in [5.41, 5.74) is 2.65. The Hall–Kier alpha value is -2.77. The molecule has 0 aliphatic rings. The van der Waals surface area contributed by atoms with Gasteiger partial charge in [-0.3, -0.25) is 4.79 Å². The van der Waals surface area contributed by atoms with Crippen LogP contribution in [-0.2, 0) is 13.2 Å². The number of tetrazole rings is 1. The summed E-state index contributed by atoms with van der Waals surface area (Å²) in [5.74, 6) is -0.295. The van der Waals surface area contributed by atoms with Crippen LogP contribution in [-0.4, -0.2) is 31.2 Å². The maximum Gasteiger partial charge on any atom is 0.253 e. The Balaban J connectivity index is 1.73. The molecule has 3 rings (SSSR count). The van der Waals surface area contributed by atoms with E-state index in [0.717, 1.165) is 11.1 Å². The molecule has 8 heteroatoms. The van der Waals surface area contributed by atoms with E-state index in [1.165, 1.54) is 11.0 Å². The lowest BCUT2D eigenvalue weighted by atomic mass is 10.1. The number of aromatic nitrogens is 4. The maximum absolute atomic E-state index is 12.3.